The number of carbonyl (C=O) groups excluding carboxylic acids is 2. The van der Waals surface area contributed by atoms with Crippen LogP contribution < -0.4 is 5.32 Å². The zero-order chi connectivity index (χ0) is 16.5. The van der Waals surface area contributed by atoms with Crippen molar-refractivity contribution in [3.8, 4) is 0 Å². The first-order chi connectivity index (χ1) is 11.7. The molecule has 126 valence electrons. The van der Waals surface area contributed by atoms with Crippen LogP contribution in [0.3, 0.4) is 0 Å². The predicted octanol–water partition coefficient (Wildman–Crippen LogP) is 1.94. The van der Waals surface area contributed by atoms with Crippen LogP contribution in [0.4, 0.5) is 0 Å². The molecule has 2 amide bonds. The molecule has 2 saturated heterocycles. The van der Waals surface area contributed by atoms with Crippen molar-refractivity contribution in [2.24, 2.45) is 0 Å². The normalized spacial score (nSPS) is 22.2. The van der Waals surface area contributed by atoms with E-state index in [2.05, 4.69) is 11.4 Å². The molecule has 6 heteroatoms. The van der Waals surface area contributed by atoms with E-state index in [0.717, 1.165) is 43.4 Å². The number of amides is 2. The SMILES string of the molecule is O=C(c1ccc2sccc2c1)N1CCCC(N2CCNCC2=O)C1. The topological polar surface area (TPSA) is 52.7 Å². The van der Waals surface area contributed by atoms with Gasteiger partial charge in [0.2, 0.25) is 5.91 Å². The van der Waals surface area contributed by atoms with Crippen LogP contribution in [-0.4, -0.2) is 60.4 Å². The fourth-order valence-electron chi connectivity index (χ4n) is 3.68. The van der Waals surface area contributed by atoms with Crippen LogP contribution in [0.1, 0.15) is 23.2 Å². The Morgan fingerprint density at radius 2 is 2.17 bits per heavy atom. The maximum atomic E-state index is 12.9. The minimum Gasteiger partial charge on any atom is -0.337 e. The van der Waals surface area contributed by atoms with E-state index in [1.54, 1.807) is 11.3 Å². The maximum Gasteiger partial charge on any atom is 0.253 e. The molecule has 24 heavy (non-hydrogen) atoms. The summed E-state index contributed by atoms with van der Waals surface area (Å²) in [5.74, 6) is 0.232. The highest BCUT2D eigenvalue weighted by atomic mass is 32.1. The summed E-state index contributed by atoms with van der Waals surface area (Å²) in [6.07, 6.45) is 1.94. The molecule has 4 rings (SSSR count). The van der Waals surface area contributed by atoms with Crippen molar-refractivity contribution in [1.29, 1.82) is 0 Å². The quantitative estimate of drug-likeness (QED) is 0.907. The van der Waals surface area contributed by atoms with Gasteiger partial charge in [0.1, 0.15) is 0 Å². The van der Waals surface area contributed by atoms with E-state index in [4.69, 9.17) is 0 Å². The molecule has 1 unspecified atom stereocenters. The average molecular weight is 343 g/mol. The molecule has 1 aromatic heterocycles. The number of benzene rings is 1. The lowest BCUT2D eigenvalue weighted by Gasteiger charge is -2.41. The smallest absolute Gasteiger partial charge is 0.253 e. The Bertz CT molecular complexity index is 772. The van der Waals surface area contributed by atoms with Crippen molar-refractivity contribution in [2.45, 2.75) is 18.9 Å². The van der Waals surface area contributed by atoms with Gasteiger partial charge in [-0.2, -0.15) is 0 Å². The lowest BCUT2D eigenvalue weighted by molar-refractivity contribution is -0.135. The number of piperazine rings is 1. The zero-order valence-electron chi connectivity index (χ0n) is 13.5. The van der Waals surface area contributed by atoms with Gasteiger partial charge in [0.25, 0.3) is 5.91 Å². The summed E-state index contributed by atoms with van der Waals surface area (Å²) in [5.41, 5.74) is 0.744. The number of fused-ring (bicyclic) bond motifs is 1. The monoisotopic (exact) mass is 343 g/mol. The van der Waals surface area contributed by atoms with Crippen LogP contribution in [0.15, 0.2) is 29.6 Å². The summed E-state index contributed by atoms with van der Waals surface area (Å²) in [6.45, 7) is 3.42. The molecule has 2 aromatic rings. The number of nitrogens with one attached hydrogen (secondary N) is 1. The molecular formula is C18H21N3O2S. The number of rotatable bonds is 2. The molecule has 1 aromatic carbocycles. The summed E-state index contributed by atoms with van der Waals surface area (Å²) < 4.78 is 1.20. The van der Waals surface area contributed by atoms with E-state index < -0.39 is 0 Å². The zero-order valence-corrected chi connectivity index (χ0v) is 14.3. The van der Waals surface area contributed by atoms with Gasteiger partial charge in [-0.3, -0.25) is 9.59 Å². The van der Waals surface area contributed by atoms with Gasteiger partial charge in [0.05, 0.1) is 6.54 Å². The Morgan fingerprint density at radius 3 is 3.04 bits per heavy atom. The van der Waals surface area contributed by atoms with Gasteiger partial charge >= 0.3 is 0 Å². The van der Waals surface area contributed by atoms with Crippen LogP contribution in [0, 0.1) is 0 Å². The maximum absolute atomic E-state index is 12.9. The minimum absolute atomic E-state index is 0.0791. The molecule has 3 heterocycles. The average Bonchev–Trinajstić information content (AvgIpc) is 3.09. The highest BCUT2D eigenvalue weighted by Crippen LogP contribution is 2.24. The van der Waals surface area contributed by atoms with E-state index >= 15 is 0 Å². The second kappa shape index (κ2) is 6.53. The largest absolute Gasteiger partial charge is 0.337 e. The molecule has 5 nitrogen and oxygen atoms in total. The standard InChI is InChI=1S/C18H21N3O2S/c22-17-11-19-6-8-21(17)15-2-1-7-20(12-15)18(23)14-3-4-16-13(10-14)5-9-24-16/h3-5,9-10,15,19H,1-2,6-8,11-12H2. The van der Waals surface area contributed by atoms with Gasteiger partial charge in [-0.05, 0) is 47.9 Å². The Balaban J connectivity index is 1.50. The van der Waals surface area contributed by atoms with Crippen LogP contribution >= 0.6 is 11.3 Å². The van der Waals surface area contributed by atoms with Crippen LogP contribution in [0.5, 0.6) is 0 Å². The van der Waals surface area contributed by atoms with Gasteiger partial charge in [0.15, 0.2) is 0 Å². The Labute approximate surface area is 145 Å². The third kappa shape index (κ3) is 2.91. The highest BCUT2D eigenvalue weighted by molar-refractivity contribution is 7.17. The first-order valence-electron chi connectivity index (χ1n) is 8.49. The second-order valence-electron chi connectivity index (χ2n) is 6.48. The molecule has 0 bridgehead atoms. The number of carbonyl (C=O) groups is 2. The third-order valence-electron chi connectivity index (χ3n) is 4.95. The first-order valence-corrected chi connectivity index (χ1v) is 9.37. The Morgan fingerprint density at radius 1 is 1.25 bits per heavy atom. The number of thiophene rings is 1. The number of hydrogen-bond donors (Lipinski definition) is 1. The van der Waals surface area contributed by atoms with Crippen LogP contribution in [-0.2, 0) is 4.79 Å². The van der Waals surface area contributed by atoms with Gasteiger partial charge in [-0.25, -0.2) is 0 Å². The number of hydrogen-bond acceptors (Lipinski definition) is 4. The van der Waals surface area contributed by atoms with Crippen molar-refractivity contribution in [3.05, 3.63) is 35.2 Å². The van der Waals surface area contributed by atoms with E-state index in [0.29, 0.717) is 13.1 Å². The van der Waals surface area contributed by atoms with E-state index in [1.165, 1.54) is 4.70 Å². The van der Waals surface area contributed by atoms with Crippen LogP contribution in [0.25, 0.3) is 10.1 Å². The highest BCUT2D eigenvalue weighted by Gasteiger charge is 2.31. The number of likely N-dealkylation sites (tertiary alicyclic amines) is 1. The van der Waals surface area contributed by atoms with E-state index in [9.17, 15) is 9.59 Å². The summed E-state index contributed by atoms with van der Waals surface area (Å²) in [7, 11) is 0. The van der Waals surface area contributed by atoms with Crippen molar-refractivity contribution < 1.29 is 9.59 Å². The fraction of sp³-hybridized carbons (Fsp3) is 0.444. The van der Waals surface area contributed by atoms with Gasteiger partial charge < -0.3 is 15.1 Å². The molecule has 1 N–H and O–H groups in total. The molecule has 0 aliphatic carbocycles. The van der Waals surface area contributed by atoms with Crippen molar-refractivity contribution in [1.82, 2.24) is 15.1 Å². The number of nitrogens with zero attached hydrogens (tertiary/aromatic N) is 2. The summed E-state index contributed by atoms with van der Waals surface area (Å²) in [6, 6.07) is 8.13. The fourth-order valence-corrected chi connectivity index (χ4v) is 4.45. The molecule has 2 fully saturated rings. The van der Waals surface area contributed by atoms with Crippen molar-refractivity contribution >= 4 is 33.2 Å². The minimum atomic E-state index is 0.0791. The van der Waals surface area contributed by atoms with E-state index in [1.807, 2.05) is 33.4 Å². The first kappa shape index (κ1) is 15.6. The molecular weight excluding hydrogens is 322 g/mol. The van der Waals surface area contributed by atoms with Gasteiger partial charge in [-0.1, -0.05) is 0 Å². The lowest BCUT2D eigenvalue weighted by Crippen LogP contribution is -2.57. The summed E-state index contributed by atoms with van der Waals surface area (Å²) in [5, 5.41) is 6.28. The second-order valence-corrected chi connectivity index (χ2v) is 7.43. The Kier molecular flexibility index (Phi) is 4.24. The molecule has 1 atom stereocenters. The van der Waals surface area contributed by atoms with Crippen LogP contribution in [0.2, 0.25) is 0 Å². The summed E-state index contributed by atoms with van der Waals surface area (Å²) >= 11 is 1.69. The molecule has 0 saturated carbocycles. The van der Waals surface area contributed by atoms with Crippen molar-refractivity contribution in [2.75, 3.05) is 32.7 Å². The van der Waals surface area contributed by atoms with Gasteiger partial charge in [-0.15, -0.1) is 11.3 Å². The number of piperidine rings is 1. The van der Waals surface area contributed by atoms with Crippen molar-refractivity contribution in [3.63, 3.8) is 0 Å². The Hall–Kier alpha value is -1.92. The molecule has 0 spiro atoms. The molecule has 0 radical (unpaired) electrons. The third-order valence-corrected chi connectivity index (χ3v) is 5.85. The lowest BCUT2D eigenvalue weighted by atomic mass is 10.0. The molecule has 2 aliphatic rings. The van der Waals surface area contributed by atoms with Gasteiger partial charge in [0, 0.05) is 42.5 Å². The molecule has 2 aliphatic heterocycles. The predicted molar refractivity (Wildman–Crippen MR) is 95.3 cm³/mol. The summed E-state index contributed by atoms with van der Waals surface area (Å²) in [4.78, 5) is 28.9. The van der Waals surface area contributed by atoms with E-state index in [-0.39, 0.29) is 17.9 Å².